The third kappa shape index (κ3) is 4.18. The normalized spacial score (nSPS) is 13.1. The Bertz CT molecular complexity index is 491. The molecule has 0 spiro atoms. The first kappa shape index (κ1) is 17.5. The molecule has 1 aromatic rings. The van der Waals surface area contributed by atoms with Crippen LogP contribution in [0.15, 0.2) is 12.1 Å². The van der Waals surface area contributed by atoms with Crippen LogP contribution >= 0.6 is 0 Å². The maximum atomic E-state index is 12.5. The number of alkyl halides is 6. The van der Waals surface area contributed by atoms with Gasteiger partial charge >= 0.3 is 12.4 Å². The quantitative estimate of drug-likeness (QED) is 0.819. The highest BCUT2D eigenvalue weighted by atomic mass is 19.4. The Morgan fingerprint density at radius 1 is 1.00 bits per heavy atom. The summed E-state index contributed by atoms with van der Waals surface area (Å²) in [4.78, 5) is 0. The van der Waals surface area contributed by atoms with Gasteiger partial charge in [0.25, 0.3) is 6.10 Å². The van der Waals surface area contributed by atoms with Crippen LogP contribution in [0.2, 0.25) is 0 Å². The first-order chi connectivity index (χ1) is 9.34. The molecule has 0 aliphatic carbocycles. The molecule has 2 nitrogen and oxygen atoms in total. The number of phenols is 1. The summed E-state index contributed by atoms with van der Waals surface area (Å²) < 4.78 is 79.0. The molecule has 0 fully saturated rings. The molecule has 0 atom stereocenters. The minimum Gasteiger partial charge on any atom is -0.508 e. The predicted molar refractivity (Wildman–Crippen MR) is 63.5 cm³/mol. The zero-order chi connectivity index (χ0) is 16.6. The van der Waals surface area contributed by atoms with Gasteiger partial charge in [-0.05, 0) is 30.5 Å². The van der Waals surface area contributed by atoms with E-state index in [1.54, 1.807) is 13.8 Å². The summed E-state index contributed by atoms with van der Waals surface area (Å²) in [5.74, 6) is -1.05. The molecule has 0 amide bonds. The molecule has 0 bridgehead atoms. The Labute approximate surface area is 117 Å². The fraction of sp³-hybridized carbons (Fsp3) is 0.538. The lowest BCUT2D eigenvalue weighted by atomic mass is 10.00. The number of hydrogen-bond donors (Lipinski definition) is 1. The molecule has 1 N–H and O–H groups in total. The van der Waals surface area contributed by atoms with E-state index in [4.69, 9.17) is 0 Å². The Morgan fingerprint density at radius 2 is 1.48 bits per heavy atom. The molecule has 0 saturated carbocycles. The van der Waals surface area contributed by atoms with E-state index in [0.717, 1.165) is 12.1 Å². The van der Waals surface area contributed by atoms with E-state index in [9.17, 15) is 31.4 Å². The van der Waals surface area contributed by atoms with E-state index >= 15 is 0 Å². The van der Waals surface area contributed by atoms with E-state index in [1.165, 1.54) is 6.92 Å². The van der Waals surface area contributed by atoms with Crippen LogP contribution in [-0.4, -0.2) is 23.6 Å². The van der Waals surface area contributed by atoms with Crippen LogP contribution in [0, 0.1) is 6.92 Å². The lowest BCUT2D eigenvalue weighted by Gasteiger charge is -2.25. The molecule has 8 heteroatoms. The Balaban J connectivity index is 3.25. The zero-order valence-electron chi connectivity index (χ0n) is 11.4. The van der Waals surface area contributed by atoms with Gasteiger partial charge in [0.2, 0.25) is 0 Å². The molecule has 120 valence electrons. The number of hydrogen-bond acceptors (Lipinski definition) is 2. The van der Waals surface area contributed by atoms with Crippen LogP contribution in [0.1, 0.15) is 30.9 Å². The summed E-state index contributed by atoms with van der Waals surface area (Å²) in [5, 5.41) is 9.64. The summed E-state index contributed by atoms with van der Waals surface area (Å²) >= 11 is 0. The Hall–Kier alpha value is -1.60. The van der Waals surface area contributed by atoms with Crippen molar-refractivity contribution in [3.8, 4) is 11.5 Å². The number of benzene rings is 1. The molecule has 0 aliphatic rings. The van der Waals surface area contributed by atoms with Crippen LogP contribution in [-0.2, 0) is 0 Å². The van der Waals surface area contributed by atoms with Crippen LogP contribution < -0.4 is 4.74 Å². The fourth-order valence-electron chi connectivity index (χ4n) is 1.72. The maximum absolute atomic E-state index is 12.5. The monoisotopic (exact) mass is 316 g/mol. The van der Waals surface area contributed by atoms with Crippen molar-refractivity contribution >= 4 is 0 Å². The number of aryl methyl sites for hydroxylation is 1. The van der Waals surface area contributed by atoms with Gasteiger partial charge in [-0.15, -0.1) is 0 Å². The minimum absolute atomic E-state index is 0.0181. The van der Waals surface area contributed by atoms with Gasteiger partial charge in [0, 0.05) is 5.56 Å². The van der Waals surface area contributed by atoms with Gasteiger partial charge in [0.05, 0.1) is 0 Å². The average molecular weight is 316 g/mol. The van der Waals surface area contributed by atoms with Crippen molar-refractivity contribution in [3.63, 3.8) is 0 Å². The molecule has 0 radical (unpaired) electrons. The molecule has 0 saturated heterocycles. The summed E-state index contributed by atoms with van der Waals surface area (Å²) in [6.45, 7) is 4.53. The molecule has 1 rings (SSSR count). The second-order valence-corrected chi connectivity index (χ2v) is 4.91. The predicted octanol–water partition coefficient (Wildman–Crippen LogP) is 4.70. The zero-order valence-corrected chi connectivity index (χ0v) is 11.4. The van der Waals surface area contributed by atoms with Crippen molar-refractivity contribution in [2.24, 2.45) is 0 Å². The number of aromatic hydroxyl groups is 1. The van der Waals surface area contributed by atoms with Crippen LogP contribution in [0.4, 0.5) is 26.3 Å². The van der Waals surface area contributed by atoms with E-state index < -0.39 is 24.2 Å². The largest absolute Gasteiger partial charge is 0.508 e. The number of rotatable bonds is 3. The van der Waals surface area contributed by atoms with Crippen LogP contribution in [0.5, 0.6) is 11.5 Å². The fourth-order valence-corrected chi connectivity index (χ4v) is 1.72. The molecule has 0 aliphatic heterocycles. The van der Waals surface area contributed by atoms with Gasteiger partial charge in [-0.2, -0.15) is 26.3 Å². The standard InChI is InChI=1S/C13H14F6O2/c1-6(2)8-5-10(7(3)4-9(8)20)21-11(12(14,15)16)13(17,18)19/h4-6,11,20H,1-3H3. The van der Waals surface area contributed by atoms with Crippen molar-refractivity contribution < 1.29 is 36.2 Å². The third-order valence-electron chi connectivity index (χ3n) is 2.79. The molecular weight excluding hydrogens is 302 g/mol. The maximum Gasteiger partial charge on any atom is 0.434 e. The van der Waals surface area contributed by atoms with Gasteiger partial charge < -0.3 is 9.84 Å². The van der Waals surface area contributed by atoms with Gasteiger partial charge in [-0.1, -0.05) is 13.8 Å². The van der Waals surface area contributed by atoms with Crippen molar-refractivity contribution in [2.75, 3.05) is 0 Å². The van der Waals surface area contributed by atoms with Gasteiger partial charge in [0.15, 0.2) is 0 Å². The average Bonchev–Trinajstić information content (AvgIpc) is 2.23. The highest BCUT2D eigenvalue weighted by Crippen LogP contribution is 2.39. The van der Waals surface area contributed by atoms with Crippen molar-refractivity contribution in [1.29, 1.82) is 0 Å². The van der Waals surface area contributed by atoms with Gasteiger partial charge in [0.1, 0.15) is 11.5 Å². The molecule has 21 heavy (non-hydrogen) atoms. The first-order valence-corrected chi connectivity index (χ1v) is 5.97. The topological polar surface area (TPSA) is 29.5 Å². The molecule has 0 heterocycles. The van der Waals surface area contributed by atoms with Gasteiger partial charge in [-0.3, -0.25) is 0 Å². The molecule has 0 unspecified atom stereocenters. The van der Waals surface area contributed by atoms with Crippen molar-refractivity contribution in [2.45, 2.75) is 45.1 Å². The Morgan fingerprint density at radius 3 is 1.86 bits per heavy atom. The SMILES string of the molecule is Cc1cc(O)c(C(C)C)cc1OC(C(F)(F)F)C(F)(F)F. The first-order valence-electron chi connectivity index (χ1n) is 5.97. The second kappa shape index (κ2) is 5.65. The van der Waals surface area contributed by atoms with Crippen molar-refractivity contribution in [3.05, 3.63) is 23.3 Å². The minimum atomic E-state index is -5.58. The molecular formula is C13H14F6O2. The third-order valence-corrected chi connectivity index (χ3v) is 2.79. The number of phenolic OH excluding ortho intramolecular Hbond substituents is 1. The number of ether oxygens (including phenoxy) is 1. The van der Waals surface area contributed by atoms with E-state index in [0.29, 0.717) is 0 Å². The Kier molecular flexibility index (Phi) is 4.70. The molecule has 1 aromatic carbocycles. The second-order valence-electron chi connectivity index (χ2n) is 4.91. The van der Waals surface area contributed by atoms with E-state index in [-0.39, 0.29) is 22.8 Å². The summed E-state index contributed by atoms with van der Waals surface area (Å²) in [6, 6.07) is 2.08. The smallest absolute Gasteiger partial charge is 0.434 e. The summed E-state index contributed by atoms with van der Waals surface area (Å²) in [7, 11) is 0. The van der Waals surface area contributed by atoms with Crippen LogP contribution in [0.3, 0.4) is 0 Å². The lowest BCUT2D eigenvalue weighted by molar-refractivity contribution is -0.300. The summed E-state index contributed by atoms with van der Waals surface area (Å²) in [6.07, 6.45) is -15.1. The highest BCUT2D eigenvalue weighted by Gasteiger charge is 2.59. The van der Waals surface area contributed by atoms with Crippen LogP contribution in [0.25, 0.3) is 0 Å². The van der Waals surface area contributed by atoms with E-state index in [2.05, 4.69) is 4.74 Å². The lowest BCUT2D eigenvalue weighted by Crippen LogP contribution is -2.46. The summed E-state index contributed by atoms with van der Waals surface area (Å²) in [5.41, 5.74) is 0.189. The highest BCUT2D eigenvalue weighted by molar-refractivity contribution is 5.46. The van der Waals surface area contributed by atoms with Crippen molar-refractivity contribution in [1.82, 2.24) is 0 Å². The molecule has 0 aromatic heterocycles. The number of halogens is 6. The van der Waals surface area contributed by atoms with Gasteiger partial charge in [-0.25, -0.2) is 0 Å². The van der Waals surface area contributed by atoms with E-state index in [1.807, 2.05) is 0 Å².